The standard InChI is InChI=1S/C20H23N3O5/c1-20(2,3)28-13-22-10-9-21(12-18(22)24)19(25)17-6-4-5-14-11-15(23(26)27)7-8-16(14)17/h4-8,11H,9-10,12-13H2,1-3H3. The molecule has 2 amide bonds. The molecule has 0 radical (unpaired) electrons. The van der Waals surface area contributed by atoms with Crippen molar-refractivity contribution < 1.29 is 19.2 Å². The van der Waals surface area contributed by atoms with Crippen LogP contribution in [-0.2, 0) is 9.53 Å². The van der Waals surface area contributed by atoms with Crippen LogP contribution >= 0.6 is 0 Å². The zero-order valence-corrected chi connectivity index (χ0v) is 16.2. The molecule has 0 spiro atoms. The number of carbonyl (C=O) groups excluding carboxylic acids is 2. The number of benzene rings is 2. The first-order chi connectivity index (χ1) is 13.2. The van der Waals surface area contributed by atoms with Gasteiger partial charge in [0, 0.05) is 30.8 Å². The van der Waals surface area contributed by atoms with Crippen LogP contribution in [0.1, 0.15) is 31.1 Å². The van der Waals surface area contributed by atoms with Gasteiger partial charge in [-0.25, -0.2) is 0 Å². The number of carbonyl (C=O) groups is 2. The second kappa shape index (κ2) is 7.55. The summed E-state index contributed by atoms with van der Waals surface area (Å²) in [5, 5.41) is 12.2. The van der Waals surface area contributed by atoms with Gasteiger partial charge in [-0.1, -0.05) is 12.1 Å². The predicted molar refractivity (Wildman–Crippen MR) is 104 cm³/mol. The number of piperazine rings is 1. The first kappa shape index (κ1) is 19.8. The number of fused-ring (bicyclic) bond motifs is 1. The van der Waals surface area contributed by atoms with Crippen LogP contribution in [0, 0.1) is 10.1 Å². The molecule has 8 heteroatoms. The van der Waals surface area contributed by atoms with E-state index in [4.69, 9.17) is 4.74 Å². The van der Waals surface area contributed by atoms with Crippen molar-refractivity contribution in [2.75, 3.05) is 26.4 Å². The monoisotopic (exact) mass is 385 g/mol. The van der Waals surface area contributed by atoms with Gasteiger partial charge in [0.25, 0.3) is 11.6 Å². The zero-order chi connectivity index (χ0) is 20.5. The summed E-state index contributed by atoms with van der Waals surface area (Å²) in [4.78, 5) is 39.0. The molecule has 0 atom stereocenters. The Balaban J connectivity index is 1.76. The smallest absolute Gasteiger partial charge is 0.270 e. The molecule has 148 valence electrons. The van der Waals surface area contributed by atoms with Gasteiger partial charge in [0.05, 0.1) is 10.5 Å². The van der Waals surface area contributed by atoms with E-state index in [0.717, 1.165) is 0 Å². The second-order valence-electron chi connectivity index (χ2n) is 7.74. The fraction of sp³-hybridized carbons (Fsp3) is 0.400. The summed E-state index contributed by atoms with van der Waals surface area (Å²) in [6, 6.07) is 9.50. The van der Waals surface area contributed by atoms with E-state index in [1.807, 2.05) is 20.8 Å². The van der Waals surface area contributed by atoms with Crippen molar-refractivity contribution in [2.45, 2.75) is 26.4 Å². The van der Waals surface area contributed by atoms with Crippen LogP contribution in [0.2, 0.25) is 0 Å². The van der Waals surface area contributed by atoms with Gasteiger partial charge < -0.3 is 14.5 Å². The van der Waals surface area contributed by atoms with Gasteiger partial charge in [0.2, 0.25) is 5.91 Å². The minimum atomic E-state index is -0.467. The van der Waals surface area contributed by atoms with E-state index in [1.165, 1.54) is 17.0 Å². The highest BCUT2D eigenvalue weighted by Crippen LogP contribution is 2.25. The van der Waals surface area contributed by atoms with Gasteiger partial charge in [-0.2, -0.15) is 0 Å². The Morgan fingerprint density at radius 2 is 1.96 bits per heavy atom. The number of rotatable bonds is 4. The predicted octanol–water partition coefficient (Wildman–Crippen LogP) is 2.81. The molecule has 3 rings (SSSR count). The van der Waals surface area contributed by atoms with E-state index in [2.05, 4.69) is 0 Å². The van der Waals surface area contributed by atoms with Crippen molar-refractivity contribution in [2.24, 2.45) is 0 Å². The van der Waals surface area contributed by atoms with E-state index in [0.29, 0.717) is 29.4 Å². The third kappa shape index (κ3) is 4.28. The molecule has 0 saturated carbocycles. The van der Waals surface area contributed by atoms with Gasteiger partial charge in [0.15, 0.2) is 0 Å². The Kier molecular flexibility index (Phi) is 5.33. The fourth-order valence-corrected chi connectivity index (χ4v) is 3.03. The molecule has 2 aromatic carbocycles. The Hall–Kier alpha value is -3.00. The van der Waals surface area contributed by atoms with E-state index in [1.54, 1.807) is 29.2 Å². The highest BCUT2D eigenvalue weighted by Gasteiger charge is 2.29. The van der Waals surface area contributed by atoms with Crippen molar-refractivity contribution in [1.82, 2.24) is 9.80 Å². The number of non-ortho nitro benzene ring substituents is 1. The van der Waals surface area contributed by atoms with Crippen molar-refractivity contribution in [3.63, 3.8) is 0 Å². The average Bonchev–Trinajstić information content (AvgIpc) is 2.64. The maximum absolute atomic E-state index is 13.0. The zero-order valence-electron chi connectivity index (χ0n) is 16.2. The van der Waals surface area contributed by atoms with E-state index >= 15 is 0 Å². The number of amides is 2. The molecule has 1 aliphatic heterocycles. The minimum Gasteiger partial charge on any atom is -0.355 e. The number of nitro groups is 1. The van der Waals surface area contributed by atoms with Crippen LogP contribution < -0.4 is 0 Å². The van der Waals surface area contributed by atoms with E-state index in [9.17, 15) is 19.7 Å². The molecule has 8 nitrogen and oxygen atoms in total. The van der Waals surface area contributed by atoms with Crippen molar-refractivity contribution in [1.29, 1.82) is 0 Å². The Morgan fingerprint density at radius 3 is 2.61 bits per heavy atom. The number of hydrogen-bond donors (Lipinski definition) is 0. The number of nitrogens with zero attached hydrogens (tertiary/aromatic N) is 3. The number of ether oxygens (including phenoxy) is 1. The lowest BCUT2D eigenvalue weighted by molar-refractivity contribution is -0.384. The summed E-state index contributed by atoms with van der Waals surface area (Å²) in [5.41, 5.74) is 0.0537. The number of hydrogen-bond acceptors (Lipinski definition) is 5. The summed E-state index contributed by atoms with van der Waals surface area (Å²) in [6.45, 7) is 6.74. The molecule has 0 unspecified atom stereocenters. The quantitative estimate of drug-likeness (QED) is 0.596. The van der Waals surface area contributed by atoms with Gasteiger partial charge in [-0.05, 0) is 43.7 Å². The highest BCUT2D eigenvalue weighted by molar-refractivity contribution is 6.08. The summed E-state index contributed by atoms with van der Waals surface area (Å²) in [6.07, 6.45) is 0. The normalized spacial score (nSPS) is 15.2. The molecular formula is C20H23N3O5. The molecule has 1 fully saturated rings. The molecule has 1 aliphatic rings. The van der Waals surface area contributed by atoms with Crippen LogP contribution in [0.15, 0.2) is 36.4 Å². The lowest BCUT2D eigenvalue weighted by atomic mass is 10.0. The van der Waals surface area contributed by atoms with Crippen LogP contribution in [0.4, 0.5) is 5.69 Å². The second-order valence-corrected chi connectivity index (χ2v) is 7.74. The van der Waals surface area contributed by atoms with Crippen molar-refractivity contribution in [3.05, 3.63) is 52.1 Å². The molecule has 0 aliphatic carbocycles. The van der Waals surface area contributed by atoms with Crippen LogP contribution in [0.5, 0.6) is 0 Å². The van der Waals surface area contributed by atoms with Gasteiger partial charge in [0.1, 0.15) is 13.3 Å². The summed E-state index contributed by atoms with van der Waals surface area (Å²) in [5.74, 6) is -0.427. The maximum atomic E-state index is 13.0. The molecular weight excluding hydrogens is 362 g/mol. The summed E-state index contributed by atoms with van der Waals surface area (Å²) in [7, 11) is 0. The van der Waals surface area contributed by atoms with Gasteiger partial charge in [-0.3, -0.25) is 19.7 Å². The molecule has 0 bridgehead atoms. The Morgan fingerprint density at radius 1 is 1.21 bits per heavy atom. The number of nitro benzene ring substituents is 1. The first-order valence-electron chi connectivity index (χ1n) is 9.04. The lowest BCUT2D eigenvalue weighted by Gasteiger charge is -2.35. The molecule has 1 saturated heterocycles. The largest absolute Gasteiger partial charge is 0.355 e. The summed E-state index contributed by atoms with van der Waals surface area (Å²) >= 11 is 0. The average molecular weight is 385 g/mol. The minimum absolute atomic E-state index is 0.0181. The first-order valence-corrected chi connectivity index (χ1v) is 9.04. The Labute approximate surface area is 162 Å². The summed E-state index contributed by atoms with van der Waals surface area (Å²) < 4.78 is 5.65. The molecule has 0 N–H and O–H groups in total. The topological polar surface area (TPSA) is 93.0 Å². The van der Waals surface area contributed by atoms with Gasteiger partial charge in [-0.15, -0.1) is 0 Å². The SMILES string of the molecule is CC(C)(C)OCN1CCN(C(=O)c2cccc3cc([N+](=O)[O-])ccc23)CC1=O. The Bertz CT molecular complexity index is 935. The lowest BCUT2D eigenvalue weighted by Crippen LogP contribution is -2.53. The van der Waals surface area contributed by atoms with Crippen LogP contribution in [0.25, 0.3) is 10.8 Å². The molecule has 0 aromatic heterocycles. The molecule has 2 aromatic rings. The fourth-order valence-electron chi connectivity index (χ4n) is 3.03. The third-order valence-electron chi connectivity index (χ3n) is 4.56. The molecule has 28 heavy (non-hydrogen) atoms. The third-order valence-corrected chi connectivity index (χ3v) is 4.56. The molecule has 1 heterocycles. The van der Waals surface area contributed by atoms with Crippen LogP contribution in [0.3, 0.4) is 0 Å². The van der Waals surface area contributed by atoms with Crippen LogP contribution in [-0.4, -0.2) is 58.5 Å². The van der Waals surface area contributed by atoms with Crippen molar-refractivity contribution >= 4 is 28.3 Å². The van der Waals surface area contributed by atoms with Gasteiger partial charge >= 0.3 is 0 Å². The highest BCUT2D eigenvalue weighted by atomic mass is 16.6. The van der Waals surface area contributed by atoms with Crippen molar-refractivity contribution in [3.8, 4) is 0 Å². The maximum Gasteiger partial charge on any atom is 0.270 e. The van der Waals surface area contributed by atoms with E-state index < -0.39 is 4.92 Å². The van der Waals surface area contributed by atoms with E-state index in [-0.39, 0.29) is 36.4 Å².